The van der Waals surface area contributed by atoms with Crippen LogP contribution in [0.4, 0.5) is 0 Å². The number of rotatable bonds is 3. The largest absolute Gasteiger partial charge is 0.336 e. The molecule has 2 rings (SSSR count). The number of aryl methyl sites for hydroxylation is 1. The maximum Gasteiger partial charge on any atom is 0.254 e. The van der Waals surface area contributed by atoms with E-state index in [-0.39, 0.29) is 24.4 Å². The van der Waals surface area contributed by atoms with Gasteiger partial charge in [0.2, 0.25) is 0 Å². The van der Waals surface area contributed by atoms with Crippen LogP contribution in [0.15, 0.2) is 18.2 Å². The highest BCUT2D eigenvalue weighted by Crippen LogP contribution is 2.23. The van der Waals surface area contributed by atoms with Crippen molar-refractivity contribution in [2.75, 3.05) is 13.1 Å². The van der Waals surface area contributed by atoms with Gasteiger partial charge in [-0.25, -0.2) is 0 Å². The maximum atomic E-state index is 12.6. The molecule has 3 nitrogen and oxygen atoms in total. The zero-order valence-electron chi connectivity index (χ0n) is 11.8. The Morgan fingerprint density at radius 2 is 2.20 bits per heavy atom. The lowest BCUT2D eigenvalue weighted by Gasteiger charge is -2.35. The van der Waals surface area contributed by atoms with E-state index in [9.17, 15) is 4.79 Å². The molecule has 1 aromatic carbocycles. The van der Waals surface area contributed by atoms with E-state index in [2.05, 4.69) is 0 Å². The van der Waals surface area contributed by atoms with Crippen molar-refractivity contribution < 1.29 is 4.79 Å². The van der Waals surface area contributed by atoms with Gasteiger partial charge >= 0.3 is 0 Å². The number of carbonyl (C=O) groups excluding carboxylic acids is 1. The van der Waals surface area contributed by atoms with Crippen LogP contribution >= 0.6 is 24.0 Å². The van der Waals surface area contributed by atoms with E-state index in [0.29, 0.717) is 17.1 Å². The van der Waals surface area contributed by atoms with E-state index in [1.54, 1.807) is 6.07 Å². The normalized spacial score (nSPS) is 18.6. The SMILES string of the molecule is Cc1ccc(C(=O)N2CCCCC2CCN)cc1Cl.Cl. The van der Waals surface area contributed by atoms with E-state index in [4.69, 9.17) is 17.3 Å². The zero-order chi connectivity index (χ0) is 13.8. The van der Waals surface area contributed by atoms with Crippen molar-refractivity contribution in [1.82, 2.24) is 4.90 Å². The summed E-state index contributed by atoms with van der Waals surface area (Å²) in [7, 11) is 0. The summed E-state index contributed by atoms with van der Waals surface area (Å²) in [6.07, 6.45) is 4.20. The third-order valence-electron chi connectivity index (χ3n) is 3.81. The Hall–Kier alpha value is -0.770. The molecule has 1 fully saturated rings. The molecule has 1 aromatic rings. The molecule has 1 unspecified atom stereocenters. The standard InChI is InChI=1S/C15H21ClN2O.ClH/c1-11-5-6-12(10-14(11)16)15(19)18-9-3-2-4-13(18)7-8-17;/h5-6,10,13H,2-4,7-9,17H2,1H3;1H. The number of hydrogen-bond acceptors (Lipinski definition) is 2. The van der Waals surface area contributed by atoms with E-state index in [0.717, 1.165) is 31.4 Å². The first-order valence-corrected chi connectivity index (χ1v) is 7.28. The molecule has 0 saturated carbocycles. The van der Waals surface area contributed by atoms with Gasteiger partial charge in [-0.1, -0.05) is 17.7 Å². The lowest BCUT2D eigenvalue weighted by molar-refractivity contribution is 0.0605. The molecule has 2 N–H and O–H groups in total. The fraction of sp³-hybridized carbons (Fsp3) is 0.533. The second-order valence-corrected chi connectivity index (χ2v) is 5.60. The predicted octanol–water partition coefficient (Wildman–Crippen LogP) is 3.41. The van der Waals surface area contributed by atoms with E-state index in [1.165, 1.54) is 6.42 Å². The van der Waals surface area contributed by atoms with Crippen LogP contribution in [0, 0.1) is 6.92 Å². The van der Waals surface area contributed by atoms with Gasteiger partial charge in [0, 0.05) is 23.2 Å². The van der Waals surface area contributed by atoms with Gasteiger partial charge in [-0.3, -0.25) is 4.79 Å². The van der Waals surface area contributed by atoms with Gasteiger partial charge in [-0.2, -0.15) is 0 Å². The molecule has 0 bridgehead atoms. The average molecular weight is 317 g/mol. The lowest BCUT2D eigenvalue weighted by Crippen LogP contribution is -2.44. The van der Waals surface area contributed by atoms with Crippen LogP contribution in [0.25, 0.3) is 0 Å². The van der Waals surface area contributed by atoms with Crippen molar-refractivity contribution in [2.45, 2.75) is 38.6 Å². The molecule has 1 saturated heterocycles. The minimum absolute atomic E-state index is 0. The summed E-state index contributed by atoms with van der Waals surface area (Å²) in [4.78, 5) is 14.5. The minimum Gasteiger partial charge on any atom is -0.336 e. The minimum atomic E-state index is 0. The highest BCUT2D eigenvalue weighted by Gasteiger charge is 2.26. The summed E-state index contributed by atoms with van der Waals surface area (Å²) in [5.74, 6) is 0.0834. The molecule has 20 heavy (non-hydrogen) atoms. The Balaban J connectivity index is 0.00000200. The summed E-state index contributed by atoms with van der Waals surface area (Å²) in [6, 6.07) is 5.81. The Morgan fingerprint density at radius 3 is 2.85 bits per heavy atom. The third kappa shape index (κ3) is 3.87. The molecule has 5 heteroatoms. The van der Waals surface area contributed by atoms with Crippen LogP contribution in [0.3, 0.4) is 0 Å². The van der Waals surface area contributed by atoms with Crippen molar-refractivity contribution in [3.63, 3.8) is 0 Å². The number of benzene rings is 1. The van der Waals surface area contributed by atoms with Crippen molar-refractivity contribution in [2.24, 2.45) is 5.73 Å². The molecule has 0 radical (unpaired) electrons. The first-order valence-electron chi connectivity index (χ1n) is 6.90. The highest BCUT2D eigenvalue weighted by molar-refractivity contribution is 6.31. The third-order valence-corrected chi connectivity index (χ3v) is 4.21. The number of halogens is 2. The van der Waals surface area contributed by atoms with Crippen molar-refractivity contribution in [3.05, 3.63) is 34.3 Å². The Labute approximate surface area is 131 Å². The van der Waals surface area contributed by atoms with Crippen LogP contribution in [0.1, 0.15) is 41.6 Å². The molecule has 1 aliphatic rings. The van der Waals surface area contributed by atoms with Gasteiger partial charge in [0.05, 0.1) is 0 Å². The second kappa shape index (κ2) is 7.87. The number of nitrogens with zero attached hydrogens (tertiary/aromatic N) is 1. The van der Waals surface area contributed by atoms with Crippen molar-refractivity contribution >= 4 is 29.9 Å². The summed E-state index contributed by atoms with van der Waals surface area (Å²) in [5.41, 5.74) is 7.32. The average Bonchev–Trinajstić information content (AvgIpc) is 2.42. The number of hydrogen-bond donors (Lipinski definition) is 1. The highest BCUT2D eigenvalue weighted by atomic mass is 35.5. The summed E-state index contributed by atoms with van der Waals surface area (Å²) >= 11 is 6.10. The summed E-state index contributed by atoms with van der Waals surface area (Å²) in [5, 5.41) is 0.651. The zero-order valence-corrected chi connectivity index (χ0v) is 13.3. The number of nitrogens with two attached hydrogens (primary N) is 1. The summed E-state index contributed by atoms with van der Waals surface area (Å²) in [6.45, 7) is 3.40. The maximum absolute atomic E-state index is 12.6. The van der Waals surface area contributed by atoms with Crippen LogP contribution < -0.4 is 5.73 Å². The first kappa shape index (κ1) is 17.3. The van der Waals surface area contributed by atoms with Gasteiger partial charge in [-0.05, 0) is 56.8 Å². The molecule has 0 aliphatic carbocycles. The van der Waals surface area contributed by atoms with Crippen LogP contribution in [-0.2, 0) is 0 Å². The number of piperidine rings is 1. The van der Waals surface area contributed by atoms with Gasteiger partial charge < -0.3 is 10.6 Å². The first-order chi connectivity index (χ1) is 9.13. The lowest BCUT2D eigenvalue weighted by atomic mass is 9.98. The van der Waals surface area contributed by atoms with Gasteiger partial charge in [0.25, 0.3) is 5.91 Å². The van der Waals surface area contributed by atoms with E-state index < -0.39 is 0 Å². The van der Waals surface area contributed by atoms with Crippen LogP contribution in [0.2, 0.25) is 5.02 Å². The van der Waals surface area contributed by atoms with Crippen molar-refractivity contribution in [3.8, 4) is 0 Å². The molecular formula is C15H22Cl2N2O. The monoisotopic (exact) mass is 316 g/mol. The Bertz CT molecular complexity index is 463. The van der Waals surface area contributed by atoms with Gasteiger partial charge in [-0.15, -0.1) is 12.4 Å². The molecule has 1 amide bonds. The quantitative estimate of drug-likeness (QED) is 0.928. The van der Waals surface area contributed by atoms with Gasteiger partial charge in [0.15, 0.2) is 0 Å². The smallest absolute Gasteiger partial charge is 0.254 e. The fourth-order valence-electron chi connectivity index (χ4n) is 2.65. The van der Waals surface area contributed by atoms with E-state index >= 15 is 0 Å². The predicted molar refractivity (Wildman–Crippen MR) is 85.8 cm³/mol. The van der Waals surface area contributed by atoms with Crippen LogP contribution in [0.5, 0.6) is 0 Å². The number of carbonyl (C=O) groups is 1. The number of amides is 1. The Morgan fingerprint density at radius 1 is 1.45 bits per heavy atom. The molecule has 1 atom stereocenters. The van der Waals surface area contributed by atoms with Crippen LogP contribution in [-0.4, -0.2) is 29.9 Å². The Kier molecular flexibility index (Phi) is 6.80. The topological polar surface area (TPSA) is 46.3 Å². The van der Waals surface area contributed by atoms with Gasteiger partial charge in [0.1, 0.15) is 0 Å². The fourth-order valence-corrected chi connectivity index (χ4v) is 2.83. The number of likely N-dealkylation sites (tertiary alicyclic amines) is 1. The summed E-state index contributed by atoms with van der Waals surface area (Å²) < 4.78 is 0. The molecular weight excluding hydrogens is 295 g/mol. The second-order valence-electron chi connectivity index (χ2n) is 5.19. The molecule has 1 aliphatic heterocycles. The van der Waals surface area contributed by atoms with E-state index in [1.807, 2.05) is 24.0 Å². The van der Waals surface area contributed by atoms with Crippen molar-refractivity contribution in [1.29, 1.82) is 0 Å². The molecule has 0 aromatic heterocycles. The molecule has 0 spiro atoms. The molecule has 1 heterocycles. The molecule has 112 valence electrons.